The van der Waals surface area contributed by atoms with Crippen molar-refractivity contribution in [2.75, 3.05) is 7.11 Å². The monoisotopic (exact) mass is 104 g/mol. The Labute approximate surface area is 62.3 Å². The van der Waals surface area contributed by atoms with Crippen molar-refractivity contribution in [1.29, 1.82) is 0 Å². The minimum absolute atomic E-state index is 0. The zero-order valence-electron chi connectivity index (χ0n) is 5.48. The Morgan fingerprint density at radius 2 is 2.50 bits per heavy atom. The van der Waals surface area contributed by atoms with E-state index in [0.29, 0.717) is 6.10 Å². The summed E-state index contributed by atoms with van der Waals surface area (Å²) in [5.74, 6) is 0. The second kappa shape index (κ2) is 4.20. The van der Waals surface area contributed by atoms with E-state index in [2.05, 4.69) is 6.08 Å². The van der Waals surface area contributed by atoms with Gasteiger partial charge in [-0.15, -0.1) is 0 Å². The molecule has 0 saturated carbocycles. The van der Waals surface area contributed by atoms with Crippen LogP contribution in [0.3, 0.4) is 0 Å². The molecule has 0 saturated heterocycles. The fourth-order valence-corrected chi connectivity index (χ4v) is 0.719. The number of allylic oxidation sites excluding steroid dienone is 1. The van der Waals surface area contributed by atoms with Crippen LogP contribution in [0.5, 0.6) is 0 Å². The van der Waals surface area contributed by atoms with Gasteiger partial charge in [-0.2, -0.15) is 0 Å². The summed E-state index contributed by atoms with van der Waals surface area (Å²) < 4.78 is 4.97. The van der Waals surface area contributed by atoms with Gasteiger partial charge in [0.15, 0.2) is 0 Å². The van der Waals surface area contributed by atoms with E-state index in [4.69, 9.17) is 4.74 Å². The largest absolute Gasteiger partial charge is 1.00 e. The van der Waals surface area contributed by atoms with Crippen LogP contribution in [0, 0.1) is 6.08 Å². The SMILES string of the molecule is COC1[C-]=CCC1.[Li+]. The molecule has 0 aromatic carbocycles. The maximum absolute atomic E-state index is 4.97. The van der Waals surface area contributed by atoms with Crippen LogP contribution < -0.4 is 18.9 Å². The summed E-state index contributed by atoms with van der Waals surface area (Å²) in [5, 5.41) is 0. The standard InChI is InChI=1S/C6H9O.Li/c1-7-6-4-2-3-5-6;/h2,6H,3,5H2,1H3;/q-1;+1. The van der Waals surface area contributed by atoms with Gasteiger partial charge in [0.2, 0.25) is 0 Å². The van der Waals surface area contributed by atoms with Gasteiger partial charge in [0.05, 0.1) is 0 Å². The van der Waals surface area contributed by atoms with Crippen molar-refractivity contribution >= 4 is 0 Å². The molecule has 0 aromatic rings. The van der Waals surface area contributed by atoms with Crippen molar-refractivity contribution in [2.45, 2.75) is 18.9 Å². The minimum Gasteiger partial charge on any atom is -0.471 e. The maximum atomic E-state index is 4.97. The molecule has 0 fully saturated rings. The second-order valence-electron chi connectivity index (χ2n) is 1.67. The summed E-state index contributed by atoms with van der Waals surface area (Å²) in [4.78, 5) is 0. The zero-order chi connectivity index (χ0) is 5.11. The molecule has 8 heavy (non-hydrogen) atoms. The zero-order valence-corrected chi connectivity index (χ0v) is 5.48. The van der Waals surface area contributed by atoms with E-state index < -0.39 is 0 Å². The molecule has 1 aliphatic rings. The Kier molecular flexibility index (Phi) is 4.36. The number of hydrogen-bond donors (Lipinski definition) is 0. The van der Waals surface area contributed by atoms with E-state index in [1.54, 1.807) is 7.11 Å². The number of hydrogen-bond acceptors (Lipinski definition) is 1. The third-order valence-electron chi connectivity index (χ3n) is 1.16. The van der Waals surface area contributed by atoms with E-state index in [9.17, 15) is 0 Å². The molecule has 0 amide bonds. The van der Waals surface area contributed by atoms with Crippen LogP contribution in [0.1, 0.15) is 12.8 Å². The van der Waals surface area contributed by atoms with Crippen LogP contribution in [-0.2, 0) is 4.74 Å². The molecule has 1 unspecified atom stereocenters. The predicted molar refractivity (Wildman–Crippen MR) is 27.8 cm³/mol. The van der Waals surface area contributed by atoms with E-state index >= 15 is 0 Å². The first-order valence-electron chi connectivity index (χ1n) is 2.54. The molecule has 1 nitrogen and oxygen atoms in total. The van der Waals surface area contributed by atoms with Crippen LogP contribution in [0.2, 0.25) is 0 Å². The van der Waals surface area contributed by atoms with E-state index in [1.165, 1.54) is 0 Å². The Balaban J connectivity index is 0.000000490. The van der Waals surface area contributed by atoms with Gasteiger partial charge in [0, 0.05) is 7.11 Å². The molecule has 0 N–H and O–H groups in total. The van der Waals surface area contributed by atoms with Crippen LogP contribution >= 0.6 is 0 Å². The molecule has 0 aliphatic heterocycles. The molecular formula is C6H9LiO. The maximum Gasteiger partial charge on any atom is 1.00 e. The fraction of sp³-hybridized carbons (Fsp3) is 0.667. The molecule has 0 radical (unpaired) electrons. The van der Waals surface area contributed by atoms with Crippen molar-refractivity contribution in [1.82, 2.24) is 0 Å². The third kappa shape index (κ3) is 2.04. The summed E-state index contributed by atoms with van der Waals surface area (Å²) in [6.45, 7) is 0. The summed E-state index contributed by atoms with van der Waals surface area (Å²) in [6, 6.07) is 0. The first kappa shape index (κ1) is 8.30. The van der Waals surface area contributed by atoms with Crippen LogP contribution in [0.15, 0.2) is 6.08 Å². The molecule has 0 spiro atoms. The normalized spacial score (nSPS) is 25.4. The predicted octanol–water partition coefficient (Wildman–Crippen LogP) is -1.84. The first-order chi connectivity index (χ1) is 3.43. The fourth-order valence-electron chi connectivity index (χ4n) is 0.719. The molecule has 0 heterocycles. The van der Waals surface area contributed by atoms with Crippen LogP contribution in [-0.4, -0.2) is 13.2 Å². The topological polar surface area (TPSA) is 9.23 Å². The van der Waals surface area contributed by atoms with Crippen molar-refractivity contribution in [3.63, 3.8) is 0 Å². The number of ether oxygens (including phenoxy) is 1. The van der Waals surface area contributed by atoms with Crippen LogP contribution in [0.4, 0.5) is 0 Å². The summed E-state index contributed by atoms with van der Waals surface area (Å²) >= 11 is 0. The number of rotatable bonds is 1. The Bertz CT molecular complexity index is 80.6. The van der Waals surface area contributed by atoms with E-state index in [1.807, 2.05) is 6.08 Å². The Hall–Kier alpha value is 0.297. The Morgan fingerprint density at radius 1 is 1.75 bits per heavy atom. The van der Waals surface area contributed by atoms with Crippen molar-refractivity contribution in [3.05, 3.63) is 12.2 Å². The summed E-state index contributed by atoms with van der Waals surface area (Å²) in [7, 11) is 1.72. The third-order valence-corrected chi connectivity index (χ3v) is 1.16. The average Bonchev–Trinajstić information content (AvgIpc) is 2.14. The molecule has 0 aromatic heterocycles. The summed E-state index contributed by atoms with van der Waals surface area (Å²) in [6.07, 6.45) is 7.65. The summed E-state index contributed by atoms with van der Waals surface area (Å²) in [5.41, 5.74) is 0. The molecule has 1 aliphatic carbocycles. The molecule has 0 bridgehead atoms. The molecule has 2 heteroatoms. The smallest absolute Gasteiger partial charge is 0.471 e. The van der Waals surface area contributed by atoms with E-state index in [-0.39, 0.29) is 18.9 Å². The molecule has 1 rings (SSSR count). The quantitative estimate of drug-likeness (QED) is 0.280. The van der Waals surface area contributed by atoms with Gasteiger partial charge in [-0.1, -0.05) is 18.9 Å². The van der Waals surface area contributed by atoms with Gasteiger partial charge in [-0.05, 0) is 0 Å². The average molecular weight is 104 g/mol. The van der Waals surface area contributed by atoms with Gasteiger partial charge in [-0.3, -0.25) is 6.08 Å². The molecule has 40 valence electrons. The Morgan fingerprint density at radius 3 is 2.75 bits per heavy atom. The van der Waals surface area contributed by atoms with Crippen molar-refractivity contribution in [2.24, 2.45) is 0 Å². The van der Waals surface area contributed by atoms with E-state index in [0.717, 1.165) is 12.8 Å². The van der Waals surface area contributed by atoms with Crippen LogP contribution in [0.25, 0.3) is 0 Å². The number of methoxy groups -OCH3 is 1. The minimum atomic E-state index is 0. The second-order valence-corrected chi connectivity index (χ2v) is 1.67. The van der Waals surface area contributed by atoms with Crippen molar-refractivity contribution < 1.29 is 23.6 Å². The van der Waals surface area contributed by atoms with Gasteiger partial charge in [0.1, 0.15) is 0 Å². The van der Waals surface area contributed by atoms with Gasteiger partial charge >= 0.3 is 18.9 Å². The first-order valence-corrected chi connectivity index (χ1v) is 2.54. The van der Waals surface area contributed by atoms with Gasteiger partial charge < -0.3 is 10.8 Å². The molecular weight excluding hydrogens is 95.0 g/mol. The molecule has 1 atom stereocenters. The van der Waals surface area contributed by atoms with Gasteiger partial charge in [-0.25, -0.2) is 0 Å². The van der Waals surface area contributed by atoms with Gasteiger partial charge in [0.25, 0.3) is 0 Å². The van der Waals surface area contributed by atoms with Crippen molar-refractivity contribution in [3.8, 4) is 0 Å².